The molecule has 0 fully saturated rings. The van der Waals surface area contributed by atoms with Gasteiger partial charge in [0.25, 0.3) is 0 Å². The fourth-order valence-electron chi connectivity index (χ4n) is 5.01. The lowest BCUT2D eigenvalue weighted by atomic mass is 9.78. The predicted octanol–water partition coefficient (Wildman–Crippen LogP) is 6.27. The summed E-state index contributed by atoms with van der Waals surface area (Å²) in [6.07, 6.45) is 5.60. The van der Waals surface area contributed by atoms with Crippen LogP contribution in [0.1, 0.15) is 63.8 Å². The van der Waals surface area contributed by atoms with Gasteiger partial charge in [0, 0.05) is 28.3 Å². The van der Waals surface area contributed by atoms with Crippen molar-refractivity contribution in [2.24, 2.45) is 5.14 Å². The first kappa shape index (κ1) is 26.1. The van der Waals surface area contributed by atoms with Gasteiger partial charge in [-0.2, -0.15) is 17.4 Å². The SMILES string of the molecule is CC(C)(C)c1cc(C[N+]2(S(N)(=O)=O)CC=CC=C2c2ccc3ccccc3c2)cc(C(C)(C)C)c1O. The van der Waals surface area contributed by atoms with E-state index in [4.69, 9.17) is 5.14 Å². The van der Waals surface area contributed by atoms with Crippen LogP contribution >= 0.6 is 0 Å². The van der Waals surface area contributed by atoms with Crippen LogP contribution in [0.25, 0.3) is 16.5 Å². The Morgan fingerprint density at radius 2 is 1.47 bits per heavy atom. The van der Waals surface area contributed by atoms with Gasteiger partial charge in [0.1, 0.15) is 18.8 Å². The van der Waals surface area contributed by atoms with E-state index in [0.29, 0.717) is 5.70 Å². The molecule has 4 rings (SSSR count). The summed E-state index contributed by atoms with van der Waals surface area (Å²) >= 11 is 0. The van der Waals surface area contributed by atoms with E-state index < -0.39 is 14.1 Å². The molecule has 0 bridgehead atoms. The lowest BCUT2D eigenvalue weighted by molar-refractivity contribution is -0.739. The maximum Gasteiger partial charge on any atom is 0.372 e. The Labute approximate surface area is 215 Å². The summed E-state index contributed by atoms with van der Waals surface area (Å²) in [6.45, 7) is 12.7. The zero-order valence-corrected chi connectivity index (χ0v) is 22.9. The Morgan fingerprint density at radius 1 is 0.889 bits per heavy atom. The van der Waals surface area contributed by atoms with Gasteiger partial charge in [-0.15, -0.1) is 0 Å². The van der Waals surface area contributed by atoms with E-state index >= 15 is 0 Å². The molecule has 3 aromatic rings. The Morgan fingerprint density at radius 3 is 2.03 bits per heavy atom. The van der Waals surface area contributed by atoms with Crippen LogP contribution in [0.3, 0.4) is 0 Å². The monoisotopic (exact) mass is 505 g/mol. The number of benzene rings is 3. The number of hydrogen-bond acceptors (Lipinski definition) is 3. The van der Waals surface area contributed by atoms with Crippen molar-refractivity contribution in [3.05, 3.63) is 95.1 Å². The van der Waals surface area contributed by atoms with Crippen LogP contribution in [0, 0.1) is 0 Å². The largest absolute Gasteiger partial charge is 0.507 e. The average molecular weight is 506 g/mol. The molecule has 0 saturated heterocycles. The number of rotatable bonds is 4. The maximum atomic E-state index is 13.4. The molecule has 36 heavy (non-hydrogen) atoms. The Balaban J connectivity index is 1.93. The lowest BCUT2D eigenvalue weighted by Crippen LogP contribution is -2.54. The van der Waals surface area contributed by atoms with Crippen molar-refractivity contribution in [3.8, 4) is 5.75 Å². The van der Waals surface area contributed by atoms with E-state index in [-0.39, 0.29) is 29.7 Å². The van der Waals surface area contributed by atoms with Gasteiger partial charge in [0.15, 0.2) is 5.70 Å². The van der Waals surface area contributed by atoms with Crippen molar-refractivity contribution in [2.45, 2.75) is 58.9 Å². The third-order valence-electron chi connectivity index (χ3n) is 6.99. The molecular weight excluding hydrogens is 468 g/mol. The average Bonchev–Trinajstić information content (AvgIpc) is 2.78. The van der Waals surface area contributed by atoms with Crippen molar-refractivity contribution >= 4 is 26.7 Å². The van der Waals surface area contributed by atoms with Crippen LogP contribution in [-0.2, 0) is 27.6 Å². The molecule has 1 heterocycles. The minimum atomic E-state index is -4.09. The Kier molecular flexibility index (Phi) is 6.44. The van der Waals surface area contributed by atoms with E-state index in [0.717, 1.165) is 33.0 Å². The standard InChI is InChI=1S/C30H36N2O3S/c1-29(2,3)25-17-21(18-26(28(25)33)30(4,5)6)20-32(36(31,34)35)16-10-9-13-27(32)24-15-14-22-11-7-8-12-23(22)19-24/h7-15,17-19H,16,20H2,1-6H3,(H2-,31,33,34,35)/p+1. The van der Waals surface area contributed by atoms with E-state index in [1.54, 1.807) is 0 Å². The molecule has 0 saturated carbocycles. The lowest BCUT2D eigenvalue weighted by Gasteiger charge is -2.38. The summed E-state index contributed by atoms with van der Waals surface area (Å²) in [5.74, 6) is 0.268. The molecule has 1 atom stereocenters. The minimum absolute atomic E-state index is 0.147. The second-order valence-corrected chi connectivity index (χ2v) is 13.6. The molecule has 1 aliphatic rings. The van der Waals surface area contributed by atoms with E-state index in [1.807, 2.05) is 114 Å². The van der Waals surface area contributed by atoms with Gasteiger partial charge in [0.2, 0.25) is 0 Å². The van der Waals surface area contributed by atoms with Gasteiger partial charge < -0.3 is 5.11 Å². The summed E-state index contributed by atoms with van der Waals surface area (Å²) in [6, 6.07) is 17.9. The van der Waals surface area contributed by atoms with Crippen molar-refractivity contribution < 1.29 is 17.4 Å². The maximum absolute atomic E-state index is 13.4. The van der Waals surface area contributed by atoms with Crippen LogP contribution in [0.5, 0.6) is 5.75 Å². The van der Waals surface area contributed by atoms with E-state index in [9.17, 15) is 13.5 Å². The highest BCUT2D eigenvalue weighted by Gasteiger charge is 2.45. The van der Waals surface area contributed by atoms with Crippen LogP contribution in [-0.4, -0.2) is 24.0 Å². The molecule has 0 amide bonds. The number of fused-ring (bicyclic) bond motifs is 1. The van der Waals surface area contributed by atoms with Gasteiger partial charge in [-0.05, 0) is 51.9 Å². The number of hydrogen-bond donors (Lipinski definition) is 2. The normalized spacial score (nSPS) is 18.9. The molecule has 3 aromatic carbocycles. The number of allylic oxidation sites excluding steroid dienone is 2. The molecule has 0 spiro atoms. The summed E-state index contributed by atoms with van der Waals surface area (Å²) < 4.78 is 26.4. The first-order chi connectivity index (χ1) is 16.6. The summed E-state index contributed by atoms with van der Waals surface area (Å²) in [4.78, 5) is 0. The molecule has 1 unspecified atom stereocenters. The van der Waals surface area contributed by atoms with E-state index in [1.165, 1.54) is 0 Å². The van der Waals surface area contributed by atoms with Crippen molar-refractivity contribution in [2.75, 3.05) is 6.54 Å². The molecule has 190 valence electrons. The van der Waals surface area contributed by atoms with E-state index in [2.05, 4.69) is 0 Å². The fraction of sp³-hybridized carbons (Fsp3) is 0.333. The highest BCUT2D eigenvalue weighted by Crippen LogP contribution is 2.42. The summed E-state index contributed by atoms with van der Waals surface area (Å²) in [7, 11) is -4.09. The molecule has 0 aromatic heterocycles. The number of aromatic hydroxyl groups is 1. The number of quaternary nitrogens is 1. The van der Waals surface area contributed by atoms with Gasteiger partial charge in [0.05, 0.1) is 0 Å². The zero-order valence-electron chi connectivity index (χ0n) is 22.0. The fourth-order valence-corrected chi connectivity index (χ4v) is 6.07. The smallest absolute Gasteiger partial charge is 0.372 e. The summed E-state index contributed by atoms with van der Waals surface area (Å²) in [5.41, 5.74) is 3.20. The molecule has 5 nitrogen and oxygen atoms in total. The predicted molar refractivity (Wildman–Crippen MR) is 149 cm³/mol. The van der Waals surface area contributed by atoms with Crippen molar-refractivity contribution in [3.63, 3.8) is 0 Å². The van der Waals surface area contributed by atoms with Gasteiger partial charge in [-0.25, -0.2) is 0 Å². The number of nitrogens with two attached hydrogens (primary N) is 1. The molecule has 6 heteroatoms. The highest BCUT2D eigenvalue weighted by molar-refractivity contribution is 7.83. The topological polar surface area (TPSA) is 80.4 Å². The van der Waals surface area contributed by atoms with Crippen molar-refractivity contribution in [1.29, 1.82) is 0 Å². The molecule has 0 radical (unpaired) electrons. The van der Waals surface area contributed by atoms with Gasteiger partial charge in [-0.3, -0.25) is 0 Å². The quantitative estimate of drug-likeness (QED) is 0.410. The second-order valence-electron chi connectivity index (χ2n) is 11.8. The van der Waals surface area contributed by atoms with Crippen LogP contribution in [0.15, 0.2) is 72.8 Å². The number of nitrogens with zero attached hydrogens (tertiary/aromatic N) is 1. The first-order valence-electron chi connectivity index (χ1n) is 12.3. The number of phenols is 1. The van der Waals surface area contributed by atoms with Gasteiger partial charge in [-0.1, -0.05) is 78.0 Å². The molecule has 1 aliphatic heterocycles. The van der Waals surface area contributed by atoms with Crippen LogP contribution < -0.4 is 5.14 Å². The first-order valence-corrected chi connectivity index (χ1v) is 13.8. The highest BCUT2D eigenvalue weighted by atomic mass is 32.2. The van der Waals surface area contributed by atoms with Crippen LogP contribution in [0.2, 0.25) is 0 Å². The van der Waals surface area contributed by atoms with Crippen LogP contribution in [0.4, 0.5) is 0 Å². The van der Waals surface area contributed by atoms with Gasteiger partial charge >= 0.3 is 10.2 Å². The third kappa shape index (κ3) is 4.73. The Hall–Kier alpha value is -2.93. The second kappa shape index (κ2) is 8.87. The molecule has 0 aliphatic carbocycles. The zero-order chi connectivity index (χ0) is 26.5. The molecular formula is C30H37N2O3S+. The summed E-state index contributed by atoms with van der Waals surface area (Å²) in [5, 5.41) is 19.3. The van der Waals surface area contributed by atoms with Crippen molar-refractivity contribution in [1.82, 2.24) is 0 Å². The number of phenolic OH excluding ortho intramolecular Hbond substituents is 1. The minimum Gasteiger partial charge on any atom is -0.507 e. The third-order valence-corrected chi connectivity index (χ3v) is 8.43. The molecule has 3 N–H and O–H groups in total. The Bertz CT molecular complexity index is 1450.